The van der Waals surface area contributed by atoms with E-state index in [1.165, 1.54) is 19.3 Å². The number of hydrogen-bond acceptors (Lipinski definition) is 4. The topological polar surface area (TPSA) is 61.8 Å². The Labute approximate surface area is 112 Å². The zero-order chi connectivity index (χ0) is 13.1. The molecule has 18 heavy (non-hydrogen) atoms. The monoisotopic (exact) mass is 265 g/mol. The summed E-state index contributed by atoms with van der Waals surface area (Å²) in [5.41, 5.74) is 7.71. The molecule has 0 bridgehead atoms. The van der Waals surface area contributed by atoms with Crippen LogP contribution in [0.15, 0.2) is 28.3 Å². The molecule has 1 aliphatic rings. The Hall–Kier alpha value is -1.36. The highest BCUT2D eigenvalue weighted by molar-refractivity contribution is 7.98. The van der Waals surface area contributed by atoms with Crippen LogP contribution in [0.5, 0.6) is 0 Å². The lowest BCUT2D eigenvalue weighted by Crippen LogP contribution is -2.38. The first-order valence-electron chi connectivity index (χ1n) is 6.06. The van der Waals surface area contributed by atoms with Gasteiger partial charge in [0.2, 0.25) is 0 Å². The standard InChI is InChI=1S/C13H19N3OS/c1-16(9-5-3-6-9)10-7-4-8-11(18-2)12(10)13(14)15-17/h4,7-9,17H,3,5-6H2,1-2H3,(H2,14,15). The highest BCUT2D eigenvalue weighted by atomic mass is 32.2. The highest BCUT2D eigenvalue weighted by Crippen LogP contribution is 2.34. The molecule has 98 valence electrons. The van der Waals surface area contributed by atoms with E-state index in [0.717, 1.165) is 16.1 Å². The Morgan fingerprint density at radius 2 is 2.22 bits per heavy atom. The van der Waals surface area contributed by atoms with Gasteiger partial charge in [-0.3, -0.25) is 0 Å². The third-order valence-electron chi connectivity index (χ3n) is 3.59. The van der Waals surface area contributed by atoms with Gasteiger partial charge in [-0.05, 0) is 37.7 Å². The van der Waals surface area contributed by atoms with Crippen molar-refractivity contribution in [2.45, 2.75) is 30.2 Å². The van der Waals surface area contributed by atoms with Gasteiger partial charge in [-0.15, -0.1) is 11.8 Å². The first-order chi connectivity index (χ1) is 8.69. The van der Waals surface area contributed by atoms with Crippen molar-refractivity contribution < 1.29 is 5.21 Å². The second-order valence-electron chi connectivity index (χ2n) is 4.54. The summed E-state index contributed by atoms with van der Waals surface area (Å²) < 4.78 is 0. The summed E-state index contributed by atoms with van der Waals surface area (Å²) in [6, 6.07) is 6.62. The first kappa shape index (κ1) is 13.1. The number of anilines is 1. The summed E-state index contributed by atoms with van der Waals surface area (Å²) in [4.78, 5) is 3.28. The molecule has 1 saturated carbocycles. The van der Waals surface area contributed by atoms with Crippen LogP contribution in [0.2, 0.25) is 0 Å². The minimum absolute atomic E-state index is 0.182. The van der Waals surface area contributed by atoms with E-state index >= 15 is 0 Å². The van der Waals surface area contributed by atoms with Crippen molar-refractivity contribution in [1.82, 2.24) is 0 Å². The summed E-state index contributed by atoms with van der Waals surface area (Å²) in [5, 5.41) is 12.1. The molecule has 1 fully saturated rings. The summed E-state index contributed by atoms with van der Waals surface area (Å²) in [6.07, 6.45) is 5.72. The molecule has 0 aliphatic heterocycles. The third kappa shape index (κ3) is 2.27. The van der Waals surface area contributed by atoms with Gasteiger partial charge in [-0.2, -0.15) is 0 Å². The number of nitrogens with zero attached hydrogens (tertiary/aromatic N) is 2. The zero-order valence-electron chi connectivity index (χ0n) is 10.8. The van der Waals surface area contributed by atoms with Gasteiger partial charge in [-0.1, -0.05) is 11.2 Å². The Kier molecular flexibility index (Phi) is 4.01. The van der Waals surface area contributed by atoms with Crippen LogP contribution in [0.3, 0.4) is 0 Å². The minimum atomic E-state index is 0.182. The molecule has 0 unspecified atom stereocenters. The highest BCUT2D eigenvalue weighted by Gasteiger charge is 2.25. The molecule has 1 aromatic carbocycles. The van der Waals surface area contributed by atoms with E-state index in [1.54, 1.807) is 11.8 Å². The average molecular weight is 265 g/mol. The fourth-order valence-electron chi connectivity index (χ4n) is 2.26. The van der Waals surface area contributed by atoms with Crippen molar-refractivity contribution in [1.29, 1.82) is 0 Å². The predicted octanol–water partition coefficient (Wildman–Crippen LogP) is 2.49. The van der Waals surface area contributed by atoms with Crippen LogP contribution in [-0.2, 0) is 0 Å². The lowest BCUT2D eigenvalue weighted by molar-refractivity contribution is 0.318. The van der Waals surface area contributed by atoms with E-state index in [2.05, 4.69) is 17.1 Å². The fraction of sp³-hybridized carbons (Fsp3) is 0.462. The Balaban J connectivity index is 2.44. The molecule has 0 heterocycles. The van der Waals surface area contributed by atoms with Crippen molar-refractivity contribution in [2.24, 2.45) is 10.9 Å². The number of hydrogen-bond donors (Lipinski definition) is 2. The van der Waals surface area contributed by atoms with Gasteiger partial charge in [0.15, 0.2) is 5.84 Å². The number of amidine groups is 1. The molecule has 4 nitrogen and oxygen atoms in total. The number of rotatable bonds is 4. The molecule has 2 rings (SSSR count). The van der Waals surface area contributed by atoms with Crippen LogP contribution < -0.4 is 10.6 Å². The molecule has 0 saturated heterocycles. The Bertz CT molecular complexity index is 458. The molecule has 5 heteroatoms. The first-order valence-corrected chi connectivity index (χ1v) is 7.29. The molecule has 3 N–H and O–H groups in total. The maximum atomic E-state index is 8.96. The van der Waals surface area contributed by atoms with Gasteiger partial charge in [0.05, 0.1) is 5.56 Å². The lowest BCUT2D eigenvalue weighted by atomic mass is 9.91. The second-order valence-corrected chi connectivity index (χ2v) is 5.38. The molecular formula is C13H19N3OS. The maximum Gasteiger partial charge on any atom is 0.173 e. The van der Waals surface area contributed by atoms with Gasteiger partial charge in [0, 0.05) is 23.7 Å². The van der Waals surface area contributed by atoms with Crippen LogP contribution >= 0.6 is 11.8 Å². The van der Waals surface area contributed by atoms with Gasteiger partial charge >= 0.3 is 0 Å². The summed E-state index contributed by atoms with van der Waals surface area (Å²) >= 11 is 1.61. The average Bonchev–Trinajstić information content (AvgIpc) is 2.34. The van der Waals surface area contributed by atoms with Gasteiger partial charge in [0.25, 0.3) is 0 Å². The van der Waals surface area contributed by atoms with Gasteiger partial charge in [-0.25, -0.2) is 0 Å². The minimum Gasteiger partial charge on any atom is -0.409 e. The van der Waals surface area contributed by atoms with Crippen molar-refractivity contribution in [3.8, 4) is 0 Å². The number of oxime groups is 1. The van der Waals surface area contributed by atoms with Crippen molar-refractivity contribution >= 4 is 23.3 Å². The fourth-order valence-corrected chi connectivity index (χ4v) is 2.89. The van der Waals surface area contributed by atoms with Crippen LogP contribution in [0.1, 0.15) is 24.8 Å². The summed E-state index contributed by atoms with van der Waals surface area (Å²) in [5.74, 6) is 0.182. The molecule has 0 aromatic heterocycles. The van der Waals surface area contributed by atoms with Crippen molar-refractivity contribution in [3.05, 3.63) is 23.8 Å². The molecule has 1 aliphatic carbocycles. The molecule has 0 atom stereocenters. The van der Waals surface area contributed by atoms with Crippen LogP contribution in [0.4, 0.5) is 5.69 Å². The summed E-state index contributed by atoms with van der Waals surface area (Å²) in [7, 11) is 2.08. The van der Waals surface area contributed by atoms with Crippen LogP contribution in [-0.4, -0.2) is 30.4 Å². The van der Waals surface area contributed by atoms with Gasteiger partial charge in [0.1, 0.15) is 0 Å². The predicted molar refractivity (Wildman–Crippen MR) is 76.8 cm³/mol. The third-order valence-corrected chi connectivity index (χ3v) is 4.37. The Morgan fingerprint density at radius 3 is 2.72 bits per heavy atom. The van der Waals surface area contributed by atoms with Crippen LogP contribution in [0.25, 0.3) is 0 Å². The smallest absolute Gasteiger partial charge is 0.173 e. The molecule has 0 radical (unpaired) electrons. The zero-order valence-corrected chi connectivity index (χ0v) is 11.6. The normalized spacial score (nSPS) is 16.4. The van der Waals surface area contributed by atoms with E-state index in [0.29, 0.717) is 6.04 Å². The van der Waals surface area contributed by atoms with Crippen molar-refractivity contribution in [2.75, 3.05) is 18.2 Å². The number of thioether (sulfide) groups is 1. The molecule has 0 spiro atoms. The SMILES string of the molecule is CSc1cccc(N(C)C2CCC2)c1/C(N)=N/O. The maximum absolute atomic E-state index is 8.96. The lowest BCUT2D eigenvalue weighted by Gasteiger charge is -2.37. The quantitative estimate of drug-likeness (QED) is 0.289. The molecule has 1 aromatic rings. The van der Waals surface area contributed by atoms with E-state index < -0.39 is 0 Å². The molecule has 0 amide bonds. The Morgan fingerprint density at radius 1 is 1.50 bits per heavy atom. The van der Waals surface area contributed by atoms with E-state index in [4.69, 9.17) is 10.9 Å². The van der Waals surface area contributed by atoms with Gasteiger partial charge < -0.3 is 15.8 Å². The molecular weight excluding hydrogens is 246 g/mol. The van der Waals surface area contributed by atoms with Crippen molar-refractivity contribution in [3.63, 3.8) is 0 Å². The van der Waals surface area contributed by atoms with Crippen LogP contribution in [0, 0.1) is 0 Å². The van der Waals surface area contributed by atoms with E-state index in [9.17, 15) is 0 Å². The second kappa shape index (κ2) is 5.52. The van der Waals surface area contributed by atoms with E-state index in [1.807, 2.05) is 24.5 Å². The number of nitrogens with two attached hydrogens (primary N) is 1. The van der Waals surface area contributed by atoms with E-state index in [-0.39, 0.29) is 5.84 Å². The summed E-state index contributed by atoms with van der Waals surface area (Å²) in [6.45, 7) is 0. The largest absolute Gasteiger partial charge is 0.409 e. The number of benzene rings is 1.